The number of amides is 2. The van der Waals surface area contributed by atoms with Crippen LogP contribution < -0.4 is 16.4 Å². The molecule has 0 heterocycles. The first-order valence-corrected chi connectivity index (χ1v) is 8.51. The van der Waals surface area contributed by atoms with E-state index in [4.69, 9.17) is 5.73 Å². The van der Waals surface area contributed by atoms with Crippen LogP contribution in [0.2, 0.25) is 0 Å². The third kappa shape index (κ3) is 3.72. The minimum atomic E-state index is -0.0660. The normalized spacial score (nSPS) is 23.6. The SMILES string of the molecule is Cc1ccc(C(=O)NC2CC2)cc1NC(=O)[C@@H]1CCC[C@@H]1CN. The maximum atomic E-state index is 12.5. The molecule has 23 heavy (non-hydrogen) atoms. The summed E-state index contributed by atoms with van der Waals surface area (Å²) in [7, 11) is 0. The summed E-state index contributed by atoms with van der Waals surface area (Å²) in [6.45, 7) is 2.49. The average Bonchev–Trinajstić information content (AvgIpc) is 3.22. The lowest BCUT2D eigenvalue weighted by Crippen LogP contribution is -2.30. The molecular formula is C18H25N3O2. The van der Waals surface area contributed by atoms with E-state index in [0.717, 1.165) is 43.4 Å². The van der Waals surface area contributed by atoms with E-state index in [9.17, 15) is 9.59 Å². The fourth-order valence-electron chi connectivity index (χ4n) is 3.28. The topological polar surface area (TPSA) is 84.2 Å². The van der Waals surface area contributed by atoms with Crippen molar-refractivity contribution < 1.29 is 9.59 Å². The van der Waals surface area contributed by atoms with Gasteiger partial charge in [-0.25, -0.2) is 0 Å². The number of hydrogen-bond donors (Lipinski definition) is 3. The first-order chi connectivity index (χ1) is 11.1. The number of benzene rings is 1. The molecule has 3 rings (SSSR count). The molecule has 1 aromatic carbocycles. The molecule has 4 N–H and O–H groups in total. The molecule has 2 aliphatic rings. The minimum absolute atomic E-state index is 0.0108. The maximum absolute atomic E-state index is 12.5. The molecule has 2 amide bonds. The van der Waals surface area contributed by atoms with E-state index < -0.39 is 0 Å². The van der Waals surface area contributed by atoms with Crippen molar-refractivity contribution in [2.75, 3.05) is 11.9 Å². The molecule has 0 unspecified atom stereocenters. The van der Waals surface area contributed by atoms with E-state index >= 15 is 0 Å². The number of nitrogens with one attached hydrogen (secondary N) is 2. The van der Waals surface area contributed by atoms with E-state index in [1.165, 1.54) is 0 Å². The van der Waals surface area contributed by atoms with Gasteiger partial charge in [-0.05, 0) is 62.8 Å². The van der Waals surface area contributed by atoms with Crippen LogP contribution in [0, 0.1) is 18.8 Å². The Morgan fingerprint density at radius 2 is 2.00 bits per heavy atom. The van der Waals surface area contributed by atoms with Crippen LogP contribution in [0.15, 0.2) is 18.2 Å². The summed E-state index contributed by atoms with van der Waals surface area (Å²) in [6, 6.07) is 5.79. The average molecular weight is 315 g/mol. The zero-order chi connectivity index (χ0) is 16.4. The van der Waals surface area contributed by atoms with Gasteiger partial charge in [-0.2, -0.15) is 0 Å². The number of rotatable bonds is 5. The predicted molar refractivity (Wildman–Crippen MR) is 90.2 cm³/mol. The Kier molecular flexibility index (Phi) is 4.66. The maximum Gasteiger partial charge on any atom is 0.251 e. The van der Waals surface area contributed by atoms with Crippen LogP contribution >= 0.6 is 0 Å². The quantitative estimate of drug-likeness (QED) is 0.779. The lowest BCUT2D eigenvalue weighted by atomic mass is 9.95. The third-order valence-corrected chi connectivity index (χ3v) is 4.97. The van der Waals surface area contributed by atoms with Crippen LogP contribution in [0.3, 0.4) is 0 Å². The van der Waals surface area contributed by atoms with Crippen LogP contribution in [0.4, 0.5) is 5.69 Å². The molecule has 0 spiro atoms. The van der Waals surface area contributed by atoms with Gasteiger partial charge in [-0.3, -0.25) is 9.59 Å². The Balaban J connectivity index is 1.71. The van der Waals surface area contributed by atoms with E-state index in [0.29, 0.717) is 18.2 Å². The molecule has 124 valence electrons. The summed E-state index contributed by atoms with van der Waals surface area (Å²) in [4.78, 5) is 24.7. The molecule has 2 atom stereocenters. The molecule has 0 bridgehead atoms. The Hall–Kier alpha value is -1.88. The molecule has 2 aliphatic carbocycles. The Labute approximate surface area is 137 Å². The molecule has 5 heteroatoms. The van der Waals surface area contributed by atoms with Crippen LogP contribution in [-0.2, 0) is 4.79 Å². The molecule has 2 fully saturated rings. The molecule has 0 aromatic heterocycles. The fraction of sp³-hybridized carbons (Fsp3) is 0.556. The van der Waals surface area contributed by atoms with Gasteiger partial charge in [0, 0.05) is 23.2 Å². The van der Waals surface area contributed by atoms with Gasteiger partial charge in [-0.1, -0.05) is 12.5 Å². The van der Waals surface area contributed by atoms with Gasteiger partial charge < -0.3 is 16.4 Å². The minimum Gasteiger partial charge on any atom is -0.349 e. The van der Waals surface area contributed by atoms with Gasteiger partial charge in [0.2, 0.25) is 5.91 Å². The van der Waals surface area contributed by atoms with Crippen molar-refractivity contribution in [1.29, 1.82) is 0 Å². The molecule has 0 aliphatic heterocycles. The molecule has 0 radical (unpaired) electrons. The van der Waals surface area contributed by atoms with Gasteiger partial charge in [0.05, 0.1) is 0 Å². The molecule has 1 aromatic rings. The Bertz CT molecular complexity index is 610. The van der Waals surface area contributed by atoms with Crippen LogP contribution in [0.25, 0.3) is 0 Å². The molecule has 0 saturated heterocycles. The standard InChI is InChI=1S/C18H25N3O2/c1-11-5-6-12(17(22)20-14-7-8-14)9-16(11)21-18(23)15-4-2-3-13(15)10-19/h5-6,9,13-15H,2-4,7-8,10,19H2,1H3,(H,20,22)(H,21,23)/t13-,15-/m1/s1. The van der Waals surface area contributed by atoms with Crippen LogP contribution in [-0.4, -0.2) is 24.4 Å². The van der Waals surface area contributed by atoms with Crippen molar-refractivity contribution in [2.24, 2.45) is 17.6 Å². The second kappa shape index (κ2) is 6.71. The highest BCUT2D eigenvalue weighted by Crippen LogP contribution is 2.32. The monoisotopic (exact) mass is 315 g/mol. The molecule has 2 saturated carbocycles. The first kappa shape index (κ1) is 16.0. The van der Waals surface area contributed by atoms with Crippen molar-refractivity contribution in [1.82, 2.24) is 5.32 Å². The third-order valence-electron chi connectivity index (χ3n) is 4.97. The van der Waals surface area contributed by atoms with E-state index in [-0.39, 0.29) is 23.7 Å². The summed E-state index contributed by atoms with van der Waals surface area (Å²) in [6.07, 6.45) is 5.10. The number of nitrogens with two attached hydrogens (primary N) is 1. The number of carbonyl (C=O) groups is 2. The number of hydrogen-bond acceptors (Lipinski definition) is 3. The molecular weight excluding hydrogens is 290 g/mol. The van der Waals surface area contributed by atoms with Gasteiger partial charge >= 0.3 is 0 Å². The highest BCUT2D eigenvalue weighted by atomic mass is 16.2. The highest BCUT2D eigenvalue weighted by molar-refractivity contribution is 5.98. The van der Waals surface area contributed by atoms with Crippen molar-refractivity contribution in [3.05, 3.63) is 29.3 Å². The lowest BCUT2D eigenvalue weighted by molar-refractivity contribution is -0.120. The number of carbonyl (C=O) groups excluding carboxylic acids is 2. The summed E-state index contributed by atoms with van der Waals surface area (Å²) >= 11 is 0. The van der Waals surface area contributed by atoms with Gasteiger partial charge in [0.1, 0.15) is 0 Å². The summed E-state index contributed by atoms with van der Waals surface area (Å²) in [5.74, 6) is 0.226. The van der Waals surface area contributed by atoms with Crippen molar-refractivity contribution in [3.63, 3.8) is 0 Å². The highest BCUT2D eigenvalue weighted by Gasteiger charge is 2.32. The predicted octanol–water partition coefficient (Wildman–Crippen LogP) is 2.20. The van der Waals surface area contributed by atoms with E-state index in [2.05, 4.69) is 10.6 Å². The number of anilines is 1. The van der Waals surface area contributed by atoms with E-state index in [1.807, 2.05) is 13.0 Å². The van der Waals surface area contributed by atoms with Crippen LogP contribution in [0.5, 0.6) is 0 Å². The zero-order valence-electron chi connectivity index (χ0n) is 13.6. The summed E-state index contributed by atoms with van der Waals surface area (Å²) < 4.78 is 0. The second-order valence-electron chi connectivity index (χ2n) is 6.80. The Morgan fingerprint density at radius 3 is 2.70 bits per heavy atom. The van der Waals surface area contributed by atoms with Gasteiger partial charge in [0.25, 0.3) is 5.91 Å². The molecule has 5 nitrogen and oxygen atoms in total. The summed E-state index contributed by atoms with van der Waals surface area (Å²) in [5, 5.41) is 5.98. The Morgan fingerprint density at radius 1 is 1.22 bits per heavy atom. The second-order valence-corrected chi connectivity index (χ2v) is 6.80. The lowest BCUT2D eigenvalue weighted by Gasteiger charge is -2.18. The van der Waals surface area contributed by atoms with E-state index in [1.54, 1.807) is 12.1 Å². The fourth-order valence-corrected chi connectivity index (χ4v) is 3.28. The smallest absolute Gasteiger partial charge is 0.251 e. The largest absolute Gasteiger partial charge is 0.349 e. The van der Waals surface area contributed by atoms with Crippen LogP contribution in [0.1, 0.15) is 48.0 Å². The number of aryl methyl sites for hydroxylation is 1. The first-order valence-electron chi connectivity index (χ1n) is 8.51. The summed E-state index contributed by atoms with van der Waals surface area (Å²) in [5.41, 5.74) is 8.05. The van der Waals surface area contributed by atoms with Crippen molar-refractivity contribution in [2.45, 2.75) is 45.1 Å². The van der Waals surface area contributed by atoms with Crippen molar-refractivity contribution in [3.8, 4) is 0 Å². The van der Waals surface area contributed by atoms with Crippen molar-refractivity contribution >= 4 is 17.5 Å². The van der Waals surface area contributed by atoms with Gasteiger partial charge in [0.15, 0.2) is 0 Å². The van der Waals surface area contributed by atoms with Gasteiger partial charge in [-0.15, -0.1) is 0 Å². The zero-order valence-corrected chi connectivity index (χ0v) is 13.6.